The number of hydrogen-bond donors (Lipinski definition) is 1. The monoisotopic (exact) mass is 232 g/mol. The molecule has 1 amide bonds. The summed E-state index contributed by atoms with van der Waals surface area (Å²) in [6, 6.07) is 0.135. The van der Waals surface area contributed by atoms with Crippen LogP contribution in [0.15, 0.2) is 0 Å². The molecule has 4 heteroatoms. The largest absolute Gasteiger partial charge is 0.465 e. The minimum Gasteiger partial charge on any atom is -0.465 e. The normalized spacial score (nSPS) is 20.1. The molecule has 0 aromatic heterocycles. The predicted octanol–water partition coefficient (Wildman–Crippen LogP) is 2.74. The maximum Gasteiger partial charge on any atom is 0.407 e. The van der Waals surface area contributed by atoms with Crippen LogP contribution in [0.4, 0.5) is 4.79 Å². The Labute approximate surface area is 100 Å². The summed E-state index contributed by atoms with van der Waals surface area (Å²) in [5.74, 6) is 0. The summed E-state index contributed by atoms with van der Waals surface area (Å²) in [5, 5.41) is 8.78. The van der Waals surface area contributed by atoms with Crippen molar-refractivity contribution in [2.24, 2.45) is 0 Å². The minimum atomic E-state index is -0.793. The lowest BCUT2D eigenvalue weighted by Crippen LogP contribution is -2.53. The summed E-state index contributed by atoms with van der Waals surface area (Å²) in [5.41, 5.74) is 0. The van der Waals surface area contributed by atoms with Gasteiger partial charge in [0.2, 0.25) is 0 Å². The first-order chi connectivity index (χ1) is 7.65. The summed E-state index contributed by atoms with van der Waals surface area (Å²) in [7, 11) is 0. The SMILES string of the molecule is CC.CC.CCN1CCN(C(=O)O)C(C)C1. The van der Waals surface area contributed by atoms with Gasteiger partial charge in [-0.3, -0.25) is 4.90 Å². The Hall–Kier alpha value is -0.770. The highest BCUT2D eigenvalue weighted by Gasteiger charge is 2.25. The molecule has 0 saturated carbocycles. The van der Waals surface area contributed by atoms with E-state index in [0.717, 1.165) is 19.6 Å². The smallest absolute Gasteiger partial charge is 0.407 e. The van der Waals surface area contributed by atoms with E-state index < -0.39 is 6.09 Å². The lowest BCUT2D eigenvalue weighted by molar-refractivity contribution is 0.0764. The van der Waals surface area contributed by atoms with Crippen LogP contribution in [-0.4, -0.2) is 53.2 Å². The minimum absolute atomic E-state index is 0.135. The van der Waals surface area contributed by atoms with Gasteiger partial charge in [-0.2, -0.15) is 0 Å². The van der Waals surface area contributed by atoms with Gasteiger partial charge in [0.15, 0.2) is 0 Å². The molecule has 1 saturated heterocycles. The standard InChI is InChI=1S/C8H16N2O2.2C2H6/c1-3-9-4-5-10(8(11)12)7(2)6-9;2*1-2/h7H,3-6H2,1-2H3,(H,11,12);2*1-2H3. The second-order valence-corrected chi connectivity index (χ2v) is 3.22. The molecule has 0 aliphatic carbocycles. The van der Waals surface area contributed by atoms with Crippen molar-refractivity contribution in [2.75, 3.05) is 26.2 Å². The van der Waals surface area contributed by atoms with Crippen LogP contribution in [0.5, 0.6) is 0 Å². The molecule has 1 N–H and O–H groups in total. The molecule has 1 aliphatic rings. The van der Waals surface area contributed by atoms with Crippen molar-refractivity contribution in [2.45, 2.75) is 47.6 Å². The van der Waals surface area contributed by atoms with Crippen LogP contribution in [0.1, 0.15) is 41.5 Å². The van der Waals surface area contributed by atoms with Gasteiger partial charge in [0.1, 0.15) is 0 Å². The Bertz CT molecular complexity index is 174. The maximum atomic E-state index is 10.7. The molecular weight excluding hydrogens is 204 g/mol. The van der Waals surface area contributed by atoms with Gasteiger partial charge in [-0.05, 0) is 13.5 Å². The molecule has 98 valence electrons. The molecule has 0 spiro atoms. The highest BCUT2D eigenvalue weighted by Crippen LogP contribution is 2.08. The van der Waals surface area contributed by atoms with Crippen LogP contribution >= 0.6 is 0 Å². The van der Waals surface area contributed by atoms with Crippen molar-refractivity contribution in [1.82, 2.24) is 9.80 Å². The van der Waals surface area contributed by atoms with Crippen LogP contribution in [0, 0.1) is 0 Å². The average Bonchev–Trinajstić information content (AvgIpc) is 2.33. The van der Waals surface area contributed by atoms with Crippen molar-refractivity contribution in [3.8, 4) is 0 Å². The molecular formula is C12H28N2O2. The molecule has 1 unspecified atom stereocenters. The molecule has 16 heavy (non-hydrogen) atoms. The number of carboxylic acid groups (broad SMARTS) is 1. The van der Waals surface area contributed by atoms with Crippen molar-refractivity contribution in [3.05, 3.63) is 0 Å². The number of rotatable bonds is 1. The average molecular weight is 232 g/mol. The van der Waals surface area contributed by atoms with E-state index in [2.05, 4.69) is 11.8 Å². The van der Waals surface area contributed by atoms with Gasteiger partial charge in [-0.25, -0.2) is 4.79 Å². The zero-order valence-electron chi connectivity index (χ0n) is 11.7. The highest BCUT2D eigenvalue weighted by atomic mass is 16.4. The highest BCUT2D eigenvalue weighted by molar-refractivity contribution is 5.65. The fourth-order valence-electron chi connectivity index (χ4n) is 1.60. The Balaban J connectivity index is 0. The third-order valence-electron chi connectivity index (χ3n) is 2.40. The van der Waals surface area contributed by atoms with E-state index in [0.29, 0.717) is 6.54 Å². The number of piperazine rings is 1. The molecule has 0 bridgehead atoms. The van der Waals surface area contributed by atoms with Gasteiger partial charge in [0.05, 0.1) is 0 Å². The zero-order valence-corrected chi connectivity index (χ0v) is 11.7. The summed E-state index contributed by atoms with van der Waals surface area (Å²) in [6.07, 6.45) is -0.793. The molecule has 1 aliphatic heterocycles. The Morgan fingerprint density at radius 1 is 1.25 bits per heavy atom. The van der Waals surface area contributed by atoms with E-state index in [1.165, 1.54) is 4.90 Å². The number of nitrogens with zero attached hydrogens (tertiary/aromatic N) is 2. The van der Waals surface area contributed by atoms with Gasteiger partial charge in [-0.1, -0.05) is 34.6 Å². The lowest BCUT2D eigenvalue weighted by atomic mass is 10.2. The Kier molecular flexibility index (Phi) is 11.8. The van der Waals surface area contributed by atoms with Crippen LogP contribution < -0.4 is 0 Å². The predicted molar refractivity (Wildman–Crippen MR) is 69.0 cm³/mol. The molecule has 1 atom stereocenters. The molecule has 1 fully saturated rings. The molecule has 0 aromatic rings. The van der Waals surface area contributed by atoms with E-state index in [-0.39, 0.29) is 6.04 Å². The van der Waals surface area contributed by atoms with Crippen LogP contribution in [0.25, 0.3) is 0 Å². The first kappa shape index (κ1) is 17.6. The van der Waals surface area contributed by atoms with E-state index in [9.17, 15) is 4.79 Å². The van der Waals surface area contributed by atoms with Crippen LogP contribution in [0.3, 0.4) is 0 Å². The van der Waals surface area contributed by atoms with Crippen LogP contribution in [0.2, 0.25) is 0 Å². The quantitative estimate of drug-likeness (QED) is 0.756. The second kappa shape index (κ2) is 10.7. The van der Waals surface area contributed by atoms with E-state index in [1.807, 2.05) is 34.6 Å². The lowest BCUT2D eigenvalue weighted by Gasteiger charge is -2.37. The number of amides is 1. The van der Waals surface area contributed by atoms with Crippen molar-refractivity contribution in [1.29, 1.82) is 0 Å². The van der Waals surface area contributed by atoms with Gasteiger partial charge >= 0.3 is 6.09 Å². The van der Waals surface area contributed by atoms with Crippen molar-refractivity contribution >= 4 is 6.09 Å². The molecule has 4 nitrogen and oxygen atoms in total. The first-order valence-corrected chi connectivity index (χ1v) is 6.37. The summed E-state index contributed by atoms with van der Waals surface area (Å²) in [6.45, 7) is 15.4. The number of likely N-dealkylation sites (N-methyl/N-ethyl adjacent to an activating group) is 1. The van der Waals surface area contributed by atoms with Crippen molar-refractivity contribution in [3.63, 3.8) is 0 Å². The Morgan fingerprint density at radius 2 is 1.75 bits per heavy atom. The van der Waals surface area contributed by atoms with Gasteiger partial charge in [-0.15, -0.1) is 0 Å². The van der Waals surface area contributed by atoms with E-state index >= 15 is 0 Å². The molecule has 0 aromatic carbocycles. The molecule has 1 rings (SSSR count). The van der Waals surface area contributed by atoms with Gasteiger partial charge in [0.25, 0.3) is 0 Å². The van der Waals surface area contributed by atoms with E-state index in [4.69, 9.17) is 5.11 Å². The number of hydrogen-bond acceptors (Lipinski definition) is 2. The summed E-state index contributed by atoms with van der Waals surface area (Å²) in [4.78, 5) is 14.4. The number of carbonyl (C=O) groups is 1. The van der Waals surface area contributed by atoms with Crippen molar-refractivity contribution < 1.29 is 9.90 Å². The Morgan fingerprint density at radius 3 is 2.06 bits per heavy atom. The fourth-order valence-corrected chi connectivity index (χ4v) is 1.60. The third kappa shape index (κ3) is 5.95. The summed E-state index contributed by atoms with van der Waals surface area (Å²) >= 11 is 0. The maximum absolute atomic E-state index is 10.7. The van der Waals surface area contributed by atoms with Crippen LogP contribution in [-0.2, 0) is 0 Å². The third-order valence-corrected chi connectivity index (χ3v) is 2.40. The molecule has 0 radical (unpaired) electrons. The fraction of sp³-hybridized carbons (Fsp3) is 0.917. The van der Waals surface area contributed by atoms with E-state index in [1.54, 1.807) is 0 Å². The van der Waals surface area contributed by atoms with Gasteiger partial charge in [0, 0.05) is 25.7 Å². The topological polar surface area (TPSA) is 43.8 Å². The van der Waals surface area contributed by atoms with Gasteiger partial charge < -0.3 is 10.0 Å². The zero-order chi connectivity index (χ0) is 13.1. The second-order valence-electron chi connectivity index (χ2n) is 3.22. The summed E-state index contributed by atoms with van der Waals surface area (Å²) < 4.78 is 0. The molecule has 1 heterocycles. The first-order valence-electron chi connectivity index (χ1n) is 6.37.